The molecule has 11 heteroatoms. The van der Waals surface area contributed by atoms with Gasteiger partial charge >= 0.3 is 5.97 Å². The Morgan fingerprint density at radius 3 is 2.41 bits per heavy atom. The summed E-state index contributed by atoms with van der Waals surface area (Å²) in [5.74, 6) is -0.837. The number of Topliss-reactive ketones (excluding diaryl/α,β-unsaturated/α-hetero) is 2. The fourth-order valence-electron chi connectivity index (χ4n) is 2.86. The Labute approximate surface area is 168 Å². The van der Waals surface area contributed by atoms with E-state index in [-0.39, 0.29) is 29.5 Å². The van der Waals surface area contributed by atoms with E-state index in [9.17, 15) is 22.8 Å². The number of nitrogens with zero attached hydrogens (tertiary/aromatic N) is 2. The van der Waals surface area contributed by atoms with Crippen LogP contribution in [0.2, 0.25) is 0 Å². The monoisotopic (exact) mass is 424 g/mol. The number of aryl methyl sites for hydroxylation is 3. The molecule has 0 saturated carbocycles. The summed E-state index contributed by atoms with van der Waals surface area (Å²) in [5, 5.41) is -0.139. The van der Waals surface area contributed by atoms with Crippen molar-refractivity contribution in [3.8, 4) is 0 Å². The number of ketones is 2. The number of carbonyl (C=O) groups is 3. The molecule has 0 aliphatic heterocycles. The standard InChI is InChI=1S/C18H24N4O6S/c1-10-17(12(3)23)11(2)20-18(10)14(24)9-28-16(25)6-7-19-29(26,27)15-8-22(5)13(4)21-15/h8,19-20H,6-7,9H2,1-5H3. The maximum Gasteiger partial charge on any atom is 0.307 e. The van der Waals surface area contributed by atoms with E-state index in [0.717, 1.165) is 0 Å². The molecule has 0 fully saturated rings. The van der Waals surface area contributed by atoms with Gasteiger partial charge in [-0.3, -0.25) is 14.4 Å². The molecule has 158 valence electrons. The van der Waals surface area contributed by atoms with Crippen molar-refractivity contribution in [1.82, 2.24) is 19.3 Å². The van der Waals surface area contributed by atoms with Crippen molar-refractivity contribution < 1.29 is 27.5 Å². The summed E-state index contributed by atoms with van der Waals surface area (Å²) in [5.41, 5.74) is 1.74. The normalized spacial score (nSPS) is 11.5. The van der Waals surface area contributed by atoms with Gasteiger partial charge in [0.05, 0.1) is 12.1 Å². The molecule has 0 saturated heterocycles. The van der Waals surface area contributed by atoms with Gasteiger partial charge in [0.2, 0.25) is 5.78 Å². The van der Waals surface area contributed by atoms with Gasteiger partial charge in [-0.05, 0) is 33.3 Å². The number of carbonyl (C=O) groups excluding carboxylic acids is 3. The highest BCUT2D eigenvalue weighted by atomic mass is 32.2. The van der Waals surface area contributed by atoms with Gasteiger partial charge in [0.15, 0.2) is 17.4 Å². The van der Waals surface area contributed by atoms with Crippen LogP contribution in [0.1, 0.15) is 51.3 Å². The van der Waals surface area contributed by atoms with Gasteiger partial charge < -0.3 is 14.3 Å². The summed E-state index contributed by atoms with van der Waals surface area (Å²) in [6.07, 6.45) is 1.12. The van der Waals surface area contributed by atoms with Gasteiger partial charge in [0.25, 0.3) is 10.0 Å². The number of imidazole rings is 1. The Kier molecular flexibility index (Phi) is 6.75. The highest BCUT2D eigenvalue weighted by Gasteiger charge is 2.21. The molecule has 0 aromatic carbocycles. The van der Waals surface area contributed by atoms with Crippen LogP contribution in [0, 0.1) is 20.8 Å². The van der Waals surface area contributed by atoms with Crippen LogP contribution >= 0.6 is 0 Å². The molecule has 0 aliphatic rings. The van der Waals surface area contributed by atoms with Crippen molar-refractivity contribution in [1.29, 1.82) is 0 Å². The van der Waals surface area contributed by atoms with E-state index in [0.29, 0.717) is 22.6 Å². The molecule has 0 amide bonds. The Morgan fingerprint density at radius 2 is 1.90 bits per heavy atom. The predicted octanol–water partition coefficient (Wildman–Crippen LogP) is 0.971. The van der Waals surface area contributed by atoms with Crippen LogP contribution < -0.4 is 4.72 Å². The summed E-state index contributed by atoms with van der Waals surface area (Å²) in [6, 6.07) is 0. The van der Waals surface area contributed by atoms with E-state index in [1.807, 2.05) is 0 Å². The van der Waals surface area contributed by atoms with Crippen molar-refractivity contribution in [2.45, 2.75) is 39.1 Å². The SMILES string of the molecule is CC(=O)c1c(C)[nH]c(C(=O)COC(=O)CCNS(=O)(=O)c2cn(C)c(C)n2)c1C. The lowest BCUT2D eigenvalue weighted by molar-refractivity contribution is -0.142. The van der Waals surface area contributed by atoms with Crippen molar-refractivity contribution in [2.75, 3.05) is 13.2 Å². The number of hydrogen-bond donors (Lipinski definition) is 2. The van der Waals surface area contributed by atoms with Gasteiger partial charge in [0.1, 0.15) is 5.82 Å². The highest BCUT2D eigenvalue weighted by molar-refractivity contribution is 7.89. The first-order valence-corrected chi connectivity index (χ1v) is 10.3. The van der Waals surface area contributed by atoms with Crippen LogP contribution in [0.15, 0.2) is 11.2 Å². The van der Waals surface area contributed by atoms with Gasteiger partial charge in [-0.1, -0.05) is 0 Å². The fraction of sp³-hybridized carbons (Fsp3) is 0.444. The number of hydrogen-bond acceptors (Lipinski definition) is 7. The molecule has 0 aliphatic carbocycles. The number of rotatable bonds is 9. The molecule has 2 aromatic rings. The van der Waals surface area contributed by atoms with Gasteiger partial charge in [0, 0.05) is 31.0 Å². The molecule has 2 rings (SSSR count). The second-order valence-electron chi connectivity index (χ2n) is 6.65. The number of aromatic amines is 1. The lowest BCUT2D eigenvalue weighted by Gasteiger charge is -2.06. The van der Waals surface area contributed by atoms with Crippen LogP contribution in [-0.4, -0.2) is 53.6 Å². The first-order chi connectivity index (χ1) is 13.4. The van der Waals surface area contributed by atoms with Crippen LogP contribution in [0.5, 0.6) is 0 Å². The third-order valence-electron chi connectivity index (χ3n) is 4.42. The molecule has 0 spiro atoms. The second-order valence-corrected chi connectivity index (χ2v) is 8.36. The largest absolute Gasteiger partial charge is 0.457 e. The van der Waals surface area contributed by atoms with Crippen LogP contribution in [0.4, 0.5) is 0 Å². The predicted molar refractivity (Wildman–Crippen MR) is 103 cm³/mol. The summed E-state index contributed by atoms with van der Waals surface area (Å²) < 4.78 is 33.0. The van der Waals surface area contributed by atoms with Gasteiger partial charge in [-0.15, -0.1) is 0 Å². The first kappa shape index (κ1) is 22.5. The first-order valence-electron chi connectivity index (χ1n) is 8.82. The fourth-order valence-corrected chi connectivity index (χ4v) is 3.93. The third-order valence-corrected chi connectivity index (χ3v) is 5.75. The number of esters is 1. The summed E-state index contributed by atoms with van der Waals surface area (Å²) in [4.78, 5) is 42.5. The Hall–Kier alpha value is -2.79. The molecule has 29 heavy (non-hydrogen) atoms. The van der Waals surface area contributed by atoms with Crippen LogP contribution in [-0.2, 0) is 26.6 Å². The lowest BCUT2D eigenvalue weighted by atomic mass is 10.1. The topological polar surface area (TPSA) is 140 Å². The Bertz CT molecular complexity index is 1050. The molecule has 2 heterocycles. The minimum atomic E-state index is -3.84. The van der Waals surface area contributed by atoms with Crippen molar-refractivity contribution in [3.05, 3.63) is 34.5 Å². The number of aromatic nitrogens is 3. The van der Waals surface area contributed by atoms with E-state index >= 15 is 0 Å². The Balaban J connectivity index is 1.87. The number of nitrogens with one attached hydrogen (secondary N) is 2. The molecular formula is C18H24N4O6S. The second kappa shape index (κ2) is 8.70. The minimum absolute atomic E-state index is 0.139. The highest BCUT2D eigenvalue weighted by Crippen LogP contribution is 2.19. The van der Waals surface area contributed by atoms with Crippen molar-refractivity contribution >= 4 is 27.6 Å². The van der Waals surface area contributed by atoms with E-state index in [2.05, 4.69) is 14.7 Å². The molecule has 2 N–H and O–H groups in total. The maximum atomic E-state index is 12.3. The zero-order valence-electron chi connectivity index (χ0n) is 17.0. The maximum absolute atomic E-state index is 12.3. The average Bonchev–Trinajstić information content (AvgIpc) is 3.12. The zero-order valence-corrected chi connectivity index (χ0v) is 17.8. The quantitative estimate of drug-likeness (QED) is 0.451. The molecule has 10 nitrogen and oxygen atoms in total. The Morgan fingerprint density at radius 1 is 1.24 bits per heavy atom. The van der Waals surface area contributed by atoms with E-state index in [1.165, 1.54) is 13.1 Å². The third kappa shape index (κ3) is 5.18. The molecule has 0 bridgehead atoms. The molecule has 0 unspecified atom stereocenters. The lowest BCUT2D eigenvalue weighted by Crippen LogP contribution is -2.27. The van der Waals surface area contributed by atoms with Gasteiger partial charge in [-0.2, -0.15) is 0 Å². The van der Waals surface area contributed by atoms with Crippen LogP contribution in [0.3, 0.4) is 0 Å². The summed E-state index contributed by atoms with van der Waals surface area (Å²) in [6.45, 7) is 5.69. The minimum Gasteiger partial charge on any atom is -0.457 e. The van der Waals surface area contributed by atoms with Crippen molar-refractivity contribution in [2.24, 2.45) is 7.05 Å². The number of ether oxygens (including phenoxy) is 1. The molecule has 0 atom stereocenters. The summed E-state index contributed by atoms with van der Waals surface area (Å²) >= 11 is 0. The number of sulfonamides is 1. The van der Waals surface area contributed by atoms with E-state index < -0.39 is 28.4 Å². The number of H-pyrrole nitrogens is 1. The summed E-state index contributed by atoms with van der Waals surface area (Å²) in [7, 11) is -2.17. The van der Waals surface area contributed by atoms with E-state index in [4.69, 9.17) is 4.74 Å². The van der Waals surface area contributed by atoms with E-state index in [1.54, 1.807) is 32.4 Å². The molecule has 2 aromatic heterocycles. The smallest absolute Gasteiger partial charge is 0.307 e. The average molecular weight is 424 g/mol. The van der Waals surface area contributed by atoms with Gasteiger partial charge in [-0.25, -0.2) is 18.1 Å². The van der Waals surface area contributed by atoms with Crippen LogP contribution in [0.25, 0.3) is 0 Å². The zero-order chi connectivity index (χ0) is 21.9. The molecule has 0 radical (unpaired) electrons. The molecular weight excluding hydrogens is 400 g/mol. The van der Waals surface area contributed by atoms with Crippen molar-refractivity contribution in [3.63, 3.8) is 0 Å².